The molecule has 3 rings (SSSR count). The molecule has 1 aliphatic carbocycles. The summed E-state index contributed by atoms with van der Waals surface area (Å²) in [5.41, 5.74) is 1.43. The van der Waals surface area contributed by atoms with Crippen LogP contribution in [0.15, 0.2) is 36.5 Å². The zero-order valence-corrected chi connectivity index (χ0v) is 15.2. The largest absolute Gasteiger partial charge is 0.465 e. The number of halogens is 1. The maximum Gasteiger partial charge on any atom is 0.337 e. The Labute approximate surface area is 156 Å². The fourth-order valence-corrected chi connectivity index (χ4v) is 3.11. The lowest BCUT2D eigenvalue weighted by Crippen LogP contribution is -2.32. The number of nitrogens with one attached hydrogen (secondary N) is 2. The molecule has 26 heavy (non-hydrogen) atoms. The molecular formula is C19H20ClN3O3. The van der Waals surface area contributed by atoms with Crippen LogP contribution in [0.25, 0.3) is 0 Å². The number of nitrogens with zero attached hydrogens (tertiary/aromatic N) is 1. The minimum Gasteiger partial charge on any atom is -0.465 e. The van der Waals surface area contributed by atoms with Crippen LogP contribution in [0.3, 0.4) is 0 Å². The first-order valence-corrected chi connectivity index (χ1v) is 8.86. The number of aromatic nitrogens is 1. The van der Waals surface area contributed by atoms with Crippen LogP contribution in [0.1, 0.15) is 46.4 Å². The zero-order chi connectivity index (χ0) is 18.5. The van der Waals surface area contributed by atoms with Crippen LogP contribution in [0, 0.1) is 0 Å². The van der Waals surface area contributed by atoms with E-state index in [-0.39, 0.29) is 11.9 Å². The van der Waals surface area contributed by atoms with Gasteiger partial charge in [0.05, 0.1) is 28.9 Å². The van der Waals surface area contributed by atoms with Crippen molar-refractivity contribution in [2.75, 3.05) is 12.4 Å². The van der Waals surface area contributed by atoms with Gasteiger partial charge in [0.2, 0.25) is 0 Å². The summed E-state index contributed by atoms with van der Waals surface area (Å²) in [5, 5.41) is 6.52. The summed E-state index contributed by atoms with van der Waals surface area (Å²) in [6.45, 7) is 0. The third kappa shape index (κ3) is 4.32. The van der Waals surface area contributed by atoms with Crippen LogP contribution in [0.4, 0.5) is 11.5 Å². The smallest absolute Gasteiger partial charge is 0.337 e. The zero-order valence-electron chi connectivity index (χ0n) is 14.4. The van der Waals surface area contributed by atoms with E-state index in [2.05, 4.69) is 15.6 Å². The van der Waals surface area contributed by atoms with Gasteiger partial charge in [0, 0.05) is 12.2 Å². The normalized spacial score (nSPS) is 14.1. The molecular weight excluding hydrogens is 354 g/mol. The second-order valence-electron chi connectivity index (χ2n) is 6.20. The van der Waals surface area contributed by atoms with Gasteiger partial charge in [0.1, 0.15) is 5.82 Å². The maximum absolute atomic E-state index is 12.2. The van der Waals surface area contributed by atoms with E-state index in [1.54, 1.807) is 30.3 Å². The number of carbonyl (C=O) groups excluding carboxylic acids is 2. The number of methoxy groups -OCH3 is 1. The highest BCUT2D eigenvalue weighted by Gasteiger charge is 2.18. The highest BCUT2D eigenvalue weighted by atomic mass is 35.5. The van der Waals surface area contributed by atoms with Gasteiger partial charge in [-0.2, -0.15) is 0 Å². The number of esters is 1. The molecule has 0 radical (unpaired) electrons. The van der Waals surface area contributed by atoms with Crippen molar-refractivity contribution in [1.82, 2.24) is 10.3 Å². The first-order valence-electron chi connectivity index (χ1n) is 8.48. The number of benzene rings is 1. The van der Waals surface area contributed by atoms with E-state index in [1.807, 2.05) is 0 Å². The molecule has 136 valence electrons. The van der Waals surface area contributed by atoms with Crippen molar-refractivity contribution >= 4 is 35.0 Å². The molecule has 1 aromatic carbocycles. The summed E-state index contributed by atoms with van der Waals surface area (Å²) in [6.07, 6.45) is 5.92. The average molecular weight is 374 g/mol. The predicted molar refractivity (Wildman–Crippen MR) is 100 cm³/mol. The number of hydrogen-bond donors (Lipinski definition) is 2. The molecule has 1 aliphatic rings. The molecule has 2 aromatic rings. The molecule has 6 nitrogen and oxygen atoms in total. The van der Waals surface area contributed by atoms with Crippen LogP contribution in [0.2, 0.25) is 5.02 Å². The van der Waals surface area contributed by atoms with Gasteiger partial charge in [-0.3, -0.25) is 4.79 Å². The van der Waals surface area contributed by atoms with E-state index in [9.17, 15) is 9.59 Å². The van der Waals surface area contributed by atoms with Gasteiger partial charge in [0.25, 0.3) is 5.91 Å². The van der Waals surface area contributed by atoms with Gasteiger partial charge < -0.3 is 15.4 Å². The fraction of sp³-hybridized carbons (Fsp3) is 0.316. The number of carbonyl (C=O) groups is 2. The summed E-state index contributed by atoms with van der Waals surface area (Å²) in [5.74, 6) is -0.0374. The second-order valence-corrected chi connectivity index (χ2v) is 6.61. The van der Waals surface area contributed by atoms with E-state index in [4.69, 9.17) is 16.3 Å². The minimum atomic E-state index is -0.448. The molecule has 0 saturated heterocycles. The molecule has 1 heterocycles. The topological polar surface area (TPSA) is 80.3 Å². The third-order valence-electron chi connectivity index (χ3n) is 4.37. The number of hydrogen-bond acceptors (Lipinski definition) is 5. The van der Waals surface area contributed by atoms with E-state index in [1.165, 1.54) is 13.3 Å². The highest BCUT2D eigenvalue weighted by molar-refractivity contribution is 6.33. The number of pyridine rings is 1. The Bertz CT molecular complexity index is 802. The van der Waals surface area contributed by atoms with Gasteiger partial charge in [0.15, 0.2) is 0 Å². The first-order chi connectivity index (χ1) is 12.6. The molecule has 1 amide bonds. The van der Waals surface area contributed by atoms with Crippen LogP contribution in [0.5, 0.6) is 0 Å². The molecule has 0 unspecified atom stereocenters. The van der Waals surface area contributed by atoms with Gasteiger partial charge in [-0.05, 0) is 43.2 Å². The predicted octanol–water partition coefficient (Wildman–Crippen LogP) is 3.94. The number of ether oxygens (including phenoxy) is 1. The summed E-state index contributed by atoms with van der Waals surface area (Å²) >= 11 is 6.16. The SMILES string of the molecule is COC(=O)c1ccc(Cl)c(Nc2ccc(C(=O)NC3CCCC3)cn2)c1. The molecule has 0 aliphatic heterocycles. The third-order valence-corrected chi connectivity index (χ3v) is 4.70. The van der Waals surface area contributed by atoms with Crippen molar-refractivity contribution < 1.29 is 14.3 Å². The monoisotopic (exact) mass is 373 g/mol. The standard InChI is InChI=1S/C19H20ClN3O3/c1-26-19(25)12-6-8-15(20)16(10-12)23-17-9-7-13(11-21-17)18(24)22-14-4-2-3-5-14/h6-11,14H,2-5H2,1H3,(H,21,23)(H,22,24). The second kappa shape index (κ2) is 8.19. The quantitative estimate of drug-likeness (QED) is 0.776. The number of anilines is 2. The van der Waals surface area contributed by atoms with Gasteiger partial charge in [-0.25, -0.2) is 9.78 Å². The Kier molecular flexibility index (Phi) is 5.73. The highest BCUT2D eigenvalue weighted by Crippen LogP contribution is 2.26. The molecule has 7 heteroatoms. The Morgan fingerprint density at radius 2 is 1.88 bits per heavy atom. The van der Waals surface area contributed by atoms with E-state index in [0.29, 0.717) is 27.7 Å². The molecule has 1 saturated carbocycles. The molecule has 0 atom stereocenters. The van der Waals surface area contributed by atoms with Gasteiger partial charge in [-0.15, -0.1) is 0 Å². The Hall–Kier alpha value is -2.60. The first kappa shape index (κ1) is 18.2. The summed E-state index contributed by atoms with van der Waals surface area (Å²) in [7, 11) is 1.32. The van der Waals surface area contributed by atoms with Crippen molar-refractivity contribution in [1.29, 1.82) is 0 Å². The van der Waals surface area contributed by atoms with Crippen LogP contribution < -0.4 is 10.6 Å². The lowest BCUT2D eigenvalue weighted by Gasteiger charge is -2.12. The fourth-order valence-electron chi connectivity index (χ4n) is 2.94. The van der Waals surface area contributed by atoms with Crippen molar-refractivity contribution in [3.8, 4) is 0 Å². The van der Waals surface area contributed by atoms with E-state index in [0.717, 1.165) is 25.7 Å². The summed E-state index contributed by atoms with van der Waals surface area (Å²) < 4.78 is 4.71. The summed E-state index contributed by atoms with van der Waals surface area (Å²) in [6, 6.07) is 8.46. The molecule has 1 aromatic heterocycles. The van der Waals surface area contributed by atoms with Crippen molar-refractivity contribution in [2.24, 2.45) is 0 Å². The van der Waals surface area contributed by atoms with Gasteiger partial charge >= 0.3 is 5.97 Å². The van der Waals surface area contributed by atoms with Crippen LogP contribution in [-0.2, 0) is 4.74 Å². The Balaban J connectivity index is 1.69. The minimum absolute atomic E-state index is 0.110. The Morgan fingerprint density at radius 1 is 1.15 bits per heavy atom. The lowest BCUT2D eigenvalue weighted by atomic mass is 10.2. The maximum atomic E-state index is 12.2. The molecule has 0 bridgehead atoms. The number of amides is 1. The van der Waals surface area contributed by atoms with Crippen molar-refractivity contribution in [3.05, 3.63) is 52.7 Å². The number of rotatable bonds is 5. The molecule has 0 spiro atoms. The van der Waals surface area contributed by atoms with Crippen molar-refractivity contribution in [2.45, 2.75) is 31.7 Å². The average Bonchev–Trinajstić information content (AvgIpc) is 3.16. The van der Waals surface area contributed by atoms with E-state index < -0.39 is 5.97 Å². The van der Waals surface area contributed by atoms with Crippen LogP contribution >= 0.6 is 11.6 Å². The van der Waals surface area contributed by atoms with Crippen LogP contribution in [-0.4, -0.2) is 30.0 Å². The summed E-state index contributed by atoms with van der Waals surface area (Å²) in [4.78, 5) is 28.1. The van der Waals surface area contributed by atoms with E-state index >= 15 is 0 Å². The molecule has 2 N–H and O–H groups in total. The lowest BCUT2D eigenvalue weighted by molar-refractivity contribution is 0.0600. The molecule has 1 fully saturated rings. The van der Waals surface area contributed by atoms with Gasteiger partial charge in [-0.1, -0.05) is 24.4 Å². The Morgan fingerprint density at radius 3 is 2.54 bits per heavy atom. The van der Waals surface area contributed by atoms with Crippen molar-refractivity contribution in [3.63, 3.8) is 0 Å².